The summed E-state index contributed by atoms with van der Waals surface area (Å²) < 4.78 is 19.1. The molecule has 0 aliphatic carbocycles. The second kappa shape index (κ2) is 12.0. The van der Waals surface area contributed by atoms with Gasteiger partial charge in [-0.3, -0.25) is 4.98 Å². The van der Waals surface area contributed by atoms with Crippen LogP contribution in [-0.2, 0) is 22.4 Å². The zero-order chi connectivity index (χ0) is 13.8. The molecule has 6 heteroatoms. The molecule has 0 unspecified atom stereocenters. The van der Waals surface area contributed by atoms with Gasteiger partial charge < -0.3 is 14.0 Å². The minimum atomic E-state index is -0.611. The number of pyridine rings is 1. The molecule has 0 spiro atoms. The minimum Gasteiger partial charge on any atom is -0.617 e. The van der Waals surface area contributed by atoms with E-state index in [4.69, 9.17) is 0 Å². The van der Waals surface area contributed by atoms with Crippen molar-refractivity contribution < 1.29 is 9.11 Å². The number of anilines is 1. The van der Waals surface area contributed by atoms with Crippen LogP contribution in [0.4, 0.5) is 5.69 Å². The summed E-state index contributed by atoms with van der Waals surface area (Å²) in [5.74, 6) is 0. The SMILES string of the molecule is CN(C)c1ccncc1.C[S+](C)[O-].C[S+](C)[O-]. The second-order valence-corrected chi connectivity index (χ2v) is 6.55. The van der Waals surface area contributed by atoms with Crippen molar-refractivity contribution in [2.24, 2.45) is 0 Å². The van der Waals surface area contributed by atoms with Gasteiger partial charge in [-0.15, -0.1) is 0 Å². The zero-order valence-corrected chi connectivity index (χ0v) is 13.0. The maximum absolute atomic E-state index is 9.56. The Kier molecular flexibility index (Phi) is 13.4. The van der Waals surface area contributed by atoms with Crippen molar-refractivity contribution >= 4 is 28.0 Å². The van der Waals surface area contributed by atoms with E-state index in [-0.39, 0.29) is 0 Å². The van der Waals surface area contributed by atoms with Gasteiger partial charge in [0.05, 0.1) is 25.0 Å². The van der Waals surface area contributed by atoms with Crippen LogP contribution in [0.5, 0.6) is 0 Å². The molecule has 1 heterocycles. The Labute approximate surface area is 111 Å². The molecule has 1 aromatic rings. The highest BCUT2D eigenvalue weighted by Gasteiger charge is 1.88. The molecule has 0 amide bonds. The van der Waals surface area contributed by atoms with Crippen LogP contribution in [0.25, 0.3) is 0 Å². The van der Waals surface area contributed by atoms with E-state index in [2.05, 4.69) is 4.98 Å². The molecule has 4 nitrogen and oxygen atoms in total. The molecule has 0 aromatic carbocycles. The first kappa shape index (κ1) is 18.9. The molecule has 1 aromatic heterocycles. The molecule has 1 rings (SSSR count). The van der Waals surface area contributed by atoms with E-state index in [0.29, 0.717) is 0 Å². The highest BCUT2D eigenvalue weighted by molar-refractivity contribution is 7.90. The Balaban J connectivity index is 0. The summed E-state index contributed by atoms with van der Waals surface area (Å²) in [6, 6.07) is 3.94. The number of rotatable bonds is 1. The standard InChI is InChI=1S/C7H10N2.2C2H6OS/c1-9(2)7-3-5-8-6-4-7;2*1-4(2)3/h3-6H,1-2H3;2*1-2H3. The van der Waals surface area contributed by atoms with E-state index in [0.717, 1.165) is 0 Å². The molecule has 0 atom stereocenters. The van der Waals surface area contributed by atoms with Crippen molar-refractivity contribution in [2.75, 3.05) is 44.0 Å². The average molecular weight is 278 g/mol. The van der Waals surface area contributed by atoms with Gasteiger partial charge in [0.15, 0.2) is 0 Å². The van der Waals surface area contributed by atoms with E-state index in [1.807, 2.05) is 31.1 Å². The second-order valence-electron chi connectivity index (χ2n) is 3.58. The minimum absolute atomic E-state index is 0.611. The molecule has 0 bridgehead atoms. The Morgan fingerprint density at radius 2 is 1.24 bits per heavy atom. The van der Waals surface area contributed by atoms with E-state index in [1.165, 1.54) is 5.69 Å². The number of hydrogen-bond donors (Lipinski definition) is 0. The van der Waals surface area contributed by atoms with Gasteiger partial charge in [-0.05, 0) is 12.1 Å². The lowest BCUT2D eigenvalue weighted by atomic mass is 10.4. The Hall–Kier alpha value is -0.430. The fourth-order valence-electron chi connectivity index (χ4n) is 0.642. The highest BCUT2D eigenvalue weighted by atomic mass is 32.2. The van der Waals surface area contributed by atoms with Crippen molar-refractivity contribution in [3.8, 4) is 0 Å². The van der Waals surface area contributed by atoms with Gasteiger partial charge in [0.2, 0.25) is 0 Å². The Morgan fingerprint density at radius 3 is 1.41 bits per heavy atom. The first-order valence-electron chi connectivity index (χ1n) is 4.84. The first-order chi connectivity index (χ1) is 7.77. The zero-order valence-electron chi connectivity index (χ0n) is 11.3. The predicted molar refractivity (Wildman–Crippen MR) is 78.5 cm³/mol. The largest absolute Gasteiger partial charge is 0.617 e. The average Bonchev–Trinajstić information content (AvgIpc) is 2.17. The van der Waals surface area contributed by atoms with E-state index >= 15 is 0 Å². The van der Waals surface area contributed by atoms with Gasteiger partial charge in [0.1, 0.15) is 0 Å². The smallest absolute Gasteiger partial charge is 0.0946 e. The molecule has 0 saturated carbocycles. The molecule has 17 heavy (non-hydrogen) atoms. The Morgan fingerprint density at radius 1 is 0.941 bits per heavy atom. The van der Waals surface area contributed by atoms with Crippen molar-refractivity contribution in [2.45, 2.75) is 0 Å². The van der Waals surface area contributed by atoms with Crippen molar-refractivity contribution in [1.82, 2.24) is 4.98 Å². The lowest BCUT2D eigenvalue weighted by molar-refractivity contribution is 0.605. The maximum atomic E-state index is 9.56. The van der Waals surface area contributed by atoms with Crippen LogP contribution in [0.3, 0.4) is 0 Å². The molecule has 0 fully saturated rings. The summed E-state index contributed by atoms with van der Waals surface area (Å²) >= 11 is -1.22. The summed E-state index contributed by atoms with van der Waals surface area (Å²) in [5.41, 5.74) is 1.19. The summed E-state index contributed by atoms with van der Waals surface area (Å²) in [6.45, 7) is 0. The Bertz CT molecular complexity index is 245. The van der Waals surface area contributed by atoms with Gasteiger partial charge in [0.25, 0.3) is 0 Å². The molecule has 0 saturated heterocycles. The van der Waals surface area contributed by atoms with Crippen LogP contribution in [0.1, 0.15) is 0 Å². The van der Waals surface area contributed by atoms with Crippen LogP contribution >= 0.6 is 0 Å². The normalized spacial score (nSPS) is 9.06. The maximum Gasteiger partial charge on any atom is 0.0946 e. The lowest BCUT2D eigenvalue weighted by Gasteiger charge is -2.10. The molecular weight excluding hydrogens is 256 g/mol. The first-order valence-corrected chi connectivity index (χ1v) is 8.78. The fraction of sp³-hybridized carbons (Fsp3) is 0.545. The predicted octanol–water partition coefficient (Wildman–Crippen LogP) is 1.14. The number of aromatic nitrogens is 1. The molecule has 0 aliphatic rings. The van der Waals surface area contributed by atoms with Gasteiger partial charge in [-0.2, -0.15) is 0 Å². The summed E-state index contributed by atoms with van der Waals surface area (Å²) in [6.07, 6.45) is 10.1. The summed E-state index contributed by atoms with van der Waals surface area (Å²) in [7, 11) is 4.02. The van der Waals surface area contributed by atoms with Crippen molar-refractivity contribution in [3.05, 3.63) is 24.5 Å². The van der Waals surface area contributed by atoms with E-state index in [9.17, 15) is 9.11 Å². The third kappa shape index (κ3) is 21.4. The quantitative estimate of drug-likeness (QED) is 0.723. The van der Waals surface area contributed by atoms with Crippen LogP contribution in [0.15, 0.2) is 24.5 Å². The van der Waals surface area contributed by atoms with Gasteiger partial charge in [-0.25, -0.2) is 0 Å². The molecule has 0 radical (unpaired) electrons. The highest BCUT2D eigenvalue weighted by Crippen LogP contribution is 2.05. The lowest BCUT2D eigenvalue weighted by Crippen LogP contribution is -2.07. The van der Waals surface area contributed by atoms with E-state index in [1.54, 1.807) is 37.4 Å². The molecule has 0 N–H and O–H groups in total. The van der Waals surface area contributed by atoms with E-state index < -0.39 is 22.4 Å². The van der Waals surface area contributed by atoms with Crippen molar-refractivity contribution in [3.63, 3.8) is 0 Å². The van der Waals surface area contributed by atoms with Gasteiger partial charge in [-0.1, -0.05) is 22.4 Å². The number of hydrogen-bond acceptors (Lipinski definition) is 4. The third-order valence-corrected chi connectivity index (χ3v) is 1.18. The summed E-state index contributed by atoms with van der Waals surface area (Å²) in [4.78, 5) is 5.94. The third-order valence-electron chi connectivity index (χ3n) is 1.18. The van der Waals surface area contributed by atoms with Crippen molar-refractivity contribution in [1.29, 1.82) is 0 Å². The van der Waals surface area contributed by atoms with Crippen LogP contribution in [0.2, 0.25) is 0 Å². The topological polar surface area (TPSA) is 62.2 Å². The van der Waals surface area contributed by atoms with Gasteiger partial charge in [0, 0.05) is 32.2 Å². The van der Waals surface area contributed by atoms with Crippen LogP contribution < -0.4 is 4.90 Å². The van der Waals surface area contributed by atoms with Gasteiger partial charge >= 0.3 is 0 Å². The molecular formula is C11H22N2O2S2. The molecule has 100 valence electrons. The van der Waals surface area contributed by atoms with Crippen LogP contribution in [0, 0.1) is 0 Å². The fourth-order valence-corrected chi connectivity index (χ4v) is 0.642. The van der Waals surface area contributed by atoms with Crippen LogP contribution in [-0.4, -0.2) is 53.2 Å². The number of nitrogens with zero attached hydrogens (tertiary/aromatic N) is 2. The molecule has 0 aliphatic heterocycles. The monoisotopic (exact) mass is 278 g/mol. The summed E-state index contributed by atoms with van der Waals surface area (Å²) in [5, 5.41) is 0.